The van der Waals surface area contributed by atoms with Gasteiger partial charge in [-0.2, -0.15) is 0 Å². The molecule has 1 aliphatic carbocycles. The van der Waals surface area contributed by atoms with Crippen molar-refractivity contribution >= 4 is 12.0 Å². The first kappa shape index (κ1) is 27.9. The average molecular weight is 478 g/mol. The summed E-state index contributed by atoms with van der Waals surface area (Å²) in [5, 5.41) is 8.91. The molecule has 0 aromatic carbocycles. The quantitative estimate of drug-likeness (QED) is 0.627. The predicted octanol–water partition coefficient (Wildman–Crippen LogP) is 4.33. The number of ether oxygens (including phenoxy) is 1. The number of aliphatic hydroxyl groups excluding tert-OH is 1. The summed E-state index contributed by atoms with van der Waals surface area (Å²) in [6.45, 7) is 5.78. The van der Waals surface area contributed by atoms with Crippen LogP contribution in [0.25, 0.3) is 0 Å². The first-order valence-electron chi connectivity index (χ1n) is 12.6. The van der Waals surface area contributed by atoms with Crippen LogP contribution in [-0.4, -0.2) is 69.8 Å². The van der Waals surface area contributed by atoms with Crippen LogP contribution in [0.15, 0.2) is 23.1 Å². The first-order chi connectivity index (χ1) is 16.0. The van der Waals surface area contributed by atoms with E-state index in [0.29, 0.717) is 17.6 Å². The summed E-state index contributed by atoms with van der Waals surface area (Å²) in [6, 6.07) is 3.75. The van der Waals surface area contributed by atoms with Crippen molar-refractivity contribution in [1.82, 2.24) is 14.8 Å². The molecule has 2 bridgehead atoms. The number of rotatable bonds is 1. The lowest BCUT2D eigenvalue weighted by atomic mass is 9.98. The van der Waals surface area contributed by atoms with Crippen molar-refractivity contribution in [3.8, 4) is 0 Å². The van der Waals surface area contributed by atoms with Gasteiger partial charge in [-0.25, -0.2) is 4.79 Å². The van der Waals surface area contributed by atoms with Crippen molar-refractivity contribution in [2.45, 2.75) is 109 Å². The third-order valence-electron chi connectivity index (χ3n) is 6.31. The topological polar surface area (TPSA) is 103 Å². The zero-order valence-corrected chi connectivity index (χ0v) is 21.5. The largest absolute Gasteiger partial charge is 0.444 e. The van der Waals surface area contributed by atoms with E-state index in [4.69, 9.17) is 9.84 Å². The summed E-state index contributed by atoms with van der Waals surface area (Å²) in [6.07, 6.45) is 13.2. The van der Waals surface area contributed by atoms with Gasteiger partial charge in [0, 0.05) is 38.4 Å². The van der Waals surface area contributed by atoms with Crippen LogP contribution in [-0.2, 0) is 4.74 Å². The molecule has 4 rings (SSSR count). The second kappa shape index (κ2) is 12.9. The number of hydrogen-bond acceptors (Lipinski definition) is 5. The van der Waals surface area contributed by atoms with Crippen molar-refractivity contribution in [1.29, 1.82) is 0 Å². The molecule has 1 saturated carbocycles. The second-order valence-corrected chi connectivity index (χ2v) is 10.6. The van der Waals surface area contributed by atoms with E-state index in [1.807, 2.05) is 25.7 Å². The van der Waals surface area contributed by atoms with Gasteiger partial charge in [0.25, 0.3) is 5.91 Å². The van der Waals surface area contributed by atoms with Crippen molar-refractivity contribution < 1.29 is 19.4 Å². The fourth-order valence-electron chi connectivity index (χ4n) is 4.61. The highest BCUT2D eigenvalue weighted by Gasteiger charge is 2.41. The lowest BCUT2D eigenvalue weighted by Gasteiger charge is -2.35. The molecule has 1 aromatic rings. The zero-order chi connectivity index (χ0) is 25.3. The Morgan fingerprint density at radius 2 is 1.56 bits per heavy atom. The minimum absolute atomic E-state index is 0.0359. The van der Waals surface area contributed by atoms with Crippen LogP contribution in [0.3, 0.4) is 0 Å². The minimum Gasteiger partial charge on any atom is -0.444 e. The number of nitrogens with one attached hydrogen (secondary N) is 1. The number of carbonyl (C=O) groups is 2. The molecule has 2 amide bonds. The van der Waals surface area contributed by atoms with E-state index in [1.54, 1.807) is 14.1 Å². The molecule has 0 radical (unpaired) electrons. The molecule has 8 heteroatoms. The molecule has 2 atom stereocenters. The third-order valence-corrected chi connectivity index (χ3v) is 6.31. The lowest BCUT2D eigenvalue weighted by molar-refractivity contribution is 0.00782. The van der Waals surface area contributed by atoms with Crippen molar-refractivity contribution in [2.75, 3.05) is 14.1 Å². The van der Waals surface area contributed by atoms with Gasteiger partial charge < -0.3 is 24.6 Å². The molecule has 2 aliphatic heterocycles. The van der Waals surface area contributed by atoms with E-state index in [2.05, 4.69) is 4.98 Å². The Morgan fingerprint density at radius 3 is 1.97 bits per heavy atom. The van der Waals surface area contributed by atoms with Gasteiger partial charge in [-0.1, -0.05) is 19.3 Å². The van der Waals surface area contributed by atoms with Crippen LogP contribution < -0.4 is 5.56 Å². The average Bonchev–Trinajstić information content (AvgIpc) is 3.03. The van der Waals surface area contributed by atoms with Crippen LogP contribution >= 0.6 is 0 Å². The summed E-state index contributed by atoms with van der Waals surface area (Å²) in [4.78, 5) is 39.8. The highest BCUT2D eigenvalue weighted by molar-refractivity contribution is 5.93. The van der Waals surface area contributed by atoms with Gasteiger partial charge in [-0.05, 0) is 71.8 Å². The van der Waals surface area contributed by atoms with E-state index in [-0.39, 0.29) is 29.3 Å². The van der Waals surface area contributed by atoms with Gasteiger partial charge in [0.15, 0.2) is 0 Å². The van der Waals surface area contributed by atoms with Crippen LogP contribution in [0, 0.1) is 0 Å². The Labute approximate surface area is 203 Å². The molecule has 3 aliphatic rings. The maximum Gasteiger partial charge on any atom is 0.410 e. The Kier molecular flexibility index (Phi) is 10.6. The molecular weight excluding hydrogens is 434 g/mol. The summed E-state index contributed by atoms with van der Waals surface area (Å²) in [5.41, 5.74) is -0.0848. The number of hydrogen-bond donors (Lipinski definition) is 2. The molecular formula is C26H43N3O5. The minimum atomic E-state index is -0.367. The van der Waals surface area contributed by atoms with E-state index in [0.717, 1.165) is 25.7 Å². The fraction of sp³-hybridized carbons (Fsp3) is 0.731. The molecule has 1 unspecified atom stereocenters. The first-order valence-corrected chi connectivity index (χ1v) is 12.6. The number of H-pyrrole nitrogens is 1. The summed E-state index contributed by atoms with van der Waals surface area (Å²) in [7, 11) is 3.32. The number of nitrogens with zero attached hydrogens (tertiary/aromatic N) is 2. The standard InChI is InChI=1S/C12H21NO2.C8H10N2O2.C6H12O/c1-12(2,3)15-11(14)13-9-5-4-6-10(13)8-7-9;1-10(2)8(12)6-3-4-7(11)9-5-6;7-6-4-2-1-3-5-6/h9-10H,4-8H2,1-3H3;3-5H,1-2H3,(H,9,11);6-7H,1-5H2/t9-,10?;;/m0../s1. The molecule has 3 heterocycles. The predicted molar refractivity (Wildman–Crippen MR) is 133 cm³/mol. The Hall–Kier alpha value is -2.35. The van der Waals surface area contributed by atoms with Crippen molar-refractivity contribution in [3.63, 3.8) is 0 Å². The molecule has 3 fully saturated rings. The van der Waals surface area contributed by atoms with Gasteiger partial charge in [0.1, 0.15) is 5.60 Å². The van der Waals surface area contributed by atoms with E-state index in [1.165, 1.54) is 61.8 Å². The zero-order valence-electron chi connectivity index (χ0n) is 21.5. The van der Waals surface area contributed by atoms with Crippen LogP contribution in [0.5, 0.6) is 0 Å². The van der Waals surface area contributed by atoms with E-state index < -0.39 is 0 Å². The fourth-order valence-corrected chi connectivity index (χ4v) is 4.61. The number of aliphatic hydroxyl groups is 1. The van der Waals surface area contributed by atoms with Gasteiger partial charge >= 0.3 is 6.09 Å². The summed E-state index contributed by atoms with van der Waals surface area (Å²) < 4.78 is 5.44. The number of pyridine rings is 1. The SMILES string of the molecule is CC(C)(C)OC(=O)N1C2CCC[C@H]1CC2.CN(C)C(=O)c1ccc(=O)[nH]c1.OC1CCCCC1. The highest BCUT2D eigenvalue weighted by atomic mass is 16.6. The summed E-state index contributed by atoms with van der Waals surface area (Å²) >= 11 is 0. The maximum atomic E-state index is 12.0. The van der Waals surface area contributed by atoms with E-state index in [9.17, 15) is 14.4 Å². The molecule has 0 spiro atoms. The normalized spacial score (nSPS) is 22.0. The third kappa shape index (κ3) is 9.12. The maximum absolute atomic E-state index is 12.0. The number of fused-ring (bicyclic) bond motifs is 2. The Bertz CT molecular complexity index is 803. The molecule has 8 nitrogen and oxygen atoms in total. The Morgan fingerprint density at radius 1 is 0.971 bits per heavy atom. The van der Waals surface area contributed by atoms with Crippen molar-refractivity contribution in [3.05, 3.63) is 34.2 Å². The number of piperidine rings is 1. The van der Waals surface area contributed by atoms with E-state index >= 15 is 0 Å². The monoisotopic (exact) mass is 477 g/mol. The number of aromatic amines is 1. The van der Waals surface area contributed by atoms with Crippen LogP contribution in [0.2, 0.25) is 0 Å². The molecule has 192 valence electrons. The van der Waals surface area contributed by atoms with Gasteiger partial charge in [0.05, 0.1) is 11.7 Å². The number of amides is 2. The number of carbonyl (C=O) groups excluding carboxylic acids is 2. The van der Waals surface area contributed by atoms with Crippen molar-refractivity contribution in [2.24, 2.45) is 0 Å². The Balaban J connectivity index is 0.000000192. The summed E-state index contributed by atoms with van der Waals surface area (Å²) in [5.74, 6) is -0.119. The van der Waals surface area contributed by atoms with Gasteiger partial charge in [-0.15, -0.1) is 0 Å². The molecule has 2 N–H and O–H groups in total. The second-order valence-electron chi connectivity index (χ2n) is 10.6. The molecule has 34 heavy (non-hydrogen) atoms. The smallest absolute Gasteiger partial charge is 0.410 e. The van der Waals surface area contributed by atoms with Crippen LogP contribution in [0.4, 0.5) is 4.79 Å². The molecule has 1 aromatic heterocycles. The molecule has 2 saturated heterocycles. The van der Waals surface area contributed by atoms with Gasteiger partial charge in [-0.3, -0.25) is 9.59 Å². The number of aromatic nitrogens is 1. The van der Waals surface area contributed by atoms with Crippen LogP contribution in [0.1, 0.15) is 95.3 Å². The van der Waals surface area contributed by atoms with Gasteiger partial charge in [0.2, 0.25) is 5.56 Å². The lowest BCUT2D eigenvalue weighted by Crippen LogP contribution is -2.46. The highest BCUT2D eigenvalue weighted by Crippen LogP contribution is 2.36.